The zero-order valence-electron chi connectivity index (χ0n) is 15.8. The molecule has 0 fully saturated rings. The van der Waals surface area contributed by atoms with Crippen LogP contribution in [0.15, 0.2) is 21.9 Å². The molecule has 0 spiro atoms. The maximum atomic E-state index is 12.1. The Balaban J connectivity index is 2.51. The van der Waals surface area contributed by atoms with Crippen LogP contribution >= 0.6 is 0 Å². The highest BCUT2D eigenvalue weighted by Gasteiger charge is 2.37. The lowest BCUT2D eigenvalue weighted by atomic mass is 10.00. The van der Waals surface area contributed by atoms with Crippen molar-refractivity contribution in [2.24, 2.45) is 0 Å². The van der Waals surface area contributed by atoms with Gasteiger partial charge in [0.1, 0.15) is 21.3 Å². The average molecular weight is 458 g/mol. The lowest BCUT2D eigenvalue weighted by molar-refractivity contribution is -0.139. The minimum absolute atomic E-state index is 0.0101. The monoisotopic (exact) mass is 458 g/mol. The molecule has 0 saturated carbocycles. The molecule has 0 atom stereocenters. The van der Waals surface area contributed by atoms with Crippen molar-refractivity contribution in [1.29, 1.82) is 0 Å². The van der Waals surface area contributed by atoms with Crippen LogP contribution < -0.4 is 4.74 Å². The Hall–Kier alpha value is -2.67. The van der Waals surface area contributed by atoms with E-state index in [1.807, 2.05) is 0 Å². The van der Waals surface area contributed by atoms with Crippen molar-refractivity contribution < 1.29 is 45.7 Å². The van der Waals surface area contributed by atoms with Crippen LogP contribution in [0.4, 0.5) is 0 Å². The van der Waals surface area contributed by atoms with E-state index >= 15 is 0 Å². The van der Waals surface area contributed by atoms with Crippen molar-refractivity contribution in [3.63, 3.8) is 0 Å². The van der Waals surface area contributed by atoms with Gasteiger partial charge in [0, 0.05) is 28.7 Å². The molecule has 10 nitrogen and oxygen atoms in total. The first-order valence-electron chi connectivity index (χ1n) is 8.61. The second kappa shape index (κ2) is 7.23. The summed E-state index contributed by atoms with van der Waals surface area (Å²) in [6, 6.07) is 2.04. The number of phenols is 1. The third-order valence-electron chi connectivity index (χ3n) is 4.85. The van der Waals surface area contributed by atoms with Gasteiger partial charge in [0.05, 0.1) is 0 Å². The second-order valence-electron chi connectivity index (χ2n) is 6.77. The third-order valence-corrected chi connectivity index (χ3v) is 6.61. The van der Waals surface area contributed by atoms with Gasteiger partial charge in [0.2, 0.25) is 0 Å². The molecule has 4 N–H and O–H groups in total. The molecule has 1 aliphatic rings. The van der Waals surface area contributed by atoms with Crippen LogP contribution in [0.5, 0.6) is 11.5 Å². The molecule has 3 rings (SSSR count). The van der Waals surface area contributed by atoms with E-state index in [-0.39, 0.29) is 57.7 Å². The second-order valence-corrected chi connectivity index (χ2v) is 9.55. The highest BCUT2D eigenvalue weighted by molar-refractivity contribution is 7.86. The Morgan fingerprint density at radius 1 is 1.03 bits per heavy atom. The first-order chi connectivity index (χ1) is 13.8. The van der Waals surface area contributed by atoms with E-state index in [4.69, 9.17) is 9.84 Å². The number of aryl methyl sites for hydroxylation is 2. The van der Waals surface area contributed by atoms with Crippen molar-refractivity contribution in [1.82, 2.24) is 0 Å². The summed E-state index contributed by atoms with van der Waals surface area (Å²) in [5.41, 5.74) is -0.0783. The van der Waals surface area contributed by atoms with Crippen LogP contribution in [0.1, 0.15) is 29.2 Å². The Labute approximate surface area is 172 Å². The summed E-state index contributed by atoms with van der Waals surface area (Å²) in [5, 5.41) is 19.4. The SMILES string of the molecule is CCc1cc(S(=O)(=O)O)c2c(c1OCC(=O)O)Cc1c(O)c(C)cc(S(=O)(=O)O)c1-2. The number of hydrogen-bond acceptors (Lipinski definition) is 7. The topological polar surface area (TPSA) is 176 Å². The molecule has 162 valence electrons. The molecule has 0 saturated heterocycles. The smallest absolute Gasteiger partial charge is 0.341 e. The molecule has 0 radical (unpaired) electrons. The van der Waals surface area contributed by atoms with E-state index in [2.05, 4.69) is 0 Å². The van der Waals surface area contributed by atoms with E-state index in [0.29, 0.717) is 0 Å². The van der Waals surface area contributed by atoms with Gasteiger partial charge in [-0.3, -0.25) is 9.11 Å². The molecule has 30 heavy (non-hydrogen) atoms. The van der Waals surface area contributed by atoms with Gasteiger partial charge >= 0.3 is 5.97 Å². The Kier molecular flexibility index (Phi) is 5.31. The Morgan fingerprint density at radius 3 is 2.07 bits per heavy atom. The fraction of sp³-hybridized carbons (Fsp3) is 0.278. The fourth-order valence-corrected chi connectivity index (χ4v) is 5.23. The summed E-state index contributed by atoms with van der Waals surface area (Å²) < 4.78 is 73.1. The lowest BCUT2D eigenvalue weighted by Crippen LogP contribution is -2.13. The zero-order chi connectivity index (χ0) is 22.6. The molecule has 12 heteroatoms. The van der Waals surface area contributed by atoms with Gasteiger partial charge in [-0.25, -0.2) is 4.79 Å². The largest absolute Gasteiger partial charge is 0.507 e. The van der Waals surface area contributed by atoms with E-state index in [1.54, 1.807) is 6.92 Å². The molecular formula is C18H18O10S2. The molecular weight excluding hydrogens is 440 g/mol. The summed E-state index contributed by atoms with van der Waals surface area (Å²) in [6.07, 6.45) is 0.00325. The molecule has 0 heterocycles. The summed E-state index contributed by atoms with van der Waals surface area (Å²) in [7, 11) is -9.72. The van der Waals surface area contributed by atoms with Crippen LogP contribution in [0.3, 0.4) is 0 Å². The average Bonchev–Trinajstić information content (AvgIpc) is 3.00. The molecule has 0 amide bonds. The fourth-order valence-electron chi connectivity index (χ4n) is 3.64. The number of carbonyl (C=O) groups is 1. The zero-order valence-corrected chi connectivity index (χ0v) is 17.5. The van der Waals surface area contributed by atoms with Crippen molar-refractivity contribution in [2.75, 3.05) is 6.61 Å². The first-order valence-corrected chi connectivity index (χ1v) is 11.5. The van der Waals surface area contributed by atoms with Gasteiger partial charge in [-0.1, -0.05) is 6.92 Å². The molecule has 1 aliphatic carbocycles. The van der Waals surface area contributed by atoms with Gasteiger partial charge in [-0.2, -0.15) is 16.8 Å². The number of hydrogen-bond donors (Lipinski definition) is 4. The van der Waals surface area contributed by atoms with E-state index in [1.165, 1.54) is 6.92 Å². The molecule has 0 aromatic heterocycles. The highest BCUT2D eigenvalue weighted by Crippen LogP contribution is 2.52. The van der Waals surface area contributed by atoms with Crippen LogP contribution in [-0.4, -0.2) is 48.7 Å². The summed E-state index contributed by atoms with van der Waals surface area (Å²) in [4.78, 5) is 9.70. The number of carboxylic acid groups (broad SMARTS) is 1. The Bertz CT molecular complexity index is 1290. The molecule has 0 unspecified atom stereocenters. The molecule has 2 aromatic carbocycles. The standard InChI is InChI=1S/C18H18O10S2/c1-3-9-5-13(30(25,26)27)16-11(18(9)28-7-14(19)20)6-10-15(16)12(29(22,23)24)4-8(2)17(10)21/h4-5,21H,3,6-7H2,1-2H3,(H,19,20)(H,22,23,24)(H,25,26,27). The van der Waals surface area contributed by atoms with Gasteiger partial charge in [0.25, 0.3) is 20.2 Å². The van der Waals surface area contributed by atoms with Gasteiger partial charge in [-0.05, 0) is 36.6 Å². The summed E-state index contributed by atoms with van der Waals surface area (Å²) >= 11 is 0. The number of rotatable bonds is 6. The molecule has 2 aromatic rings. The van der Waals surface area contributed by atoms with E-state index < -0.39 is 42.6 Å². The van der Waals surface area contributed by atoms with Crippen molar-refractivity contribution >= 4 is 26.2 Å². The third kappa shape index (κ3) is 3.62. The number of ether oxygens (including phenoxy) is 1. The van der Waals surface area contributed by atoms with Crippen molar-refractivity contribution in [3.8, 4) is 22.6 Å². The van der Waals surface area contributed by atoms with Crippen LogP contribution in [-0.2, 0) is 37.9 Å². The number of carboxylic acids is 1. The normalized spacial score (nSPS) is 13.1. The number of aliphatic carboxylic acids is 1. The van der Waals surface area contributed by atoms with Crippen LogP contribution in [0.2, 0.25) is 0 Å². The van der Waals surface area contributed by atoms with Crippen LogP contribution in [0, 0.1) is 6.92 Å². The number of phenolic OH excluding ortho intramolecular Hbond substituents is 1. The maximum Gasteiger partial charge on any atom is 0.341 e. The summed E-state index contributed by atoms with van der Waals surface area (Å²) in [5.74, 6) is -1.61. The van der Waals surface area contributed by atoms with Gasteiger partial charge in [-0.15, -0.1) is 0 Å². The first kappa shape index (κ1) is 22.0. The van der Waals surface area contributed by atoms with Crippen molar-refractivity contribution in [3.05, 3.63) is 34.4 Å². The van der Waals surface area contributed by atoms with Gasteiger partial charge < -0.3 is 14.9 Å². The lowest BCUT2D eigenvalue weighted by Gasteiger charge is -2.17. The van der Waals surface area contributed by atoms with Crippen LogP contribution in [0.25, 0.3) is 11.1 Å². The maximum absolute atomic E-state index is 12.1. The molecule has 0 bridgehead atoms. The number of aromatic hydroxyl groups is 1. The predicted molar refractivity (Wildman–Crippen MR) is 103 cm³/mol. The van der Waals surface area contributed by atoms with E-state index in [9.17, 15) is 35.8 Å². The minimum atomic E-state index is -4.87. The Morgan fingerprint density at radius 2 is 1.57 bits per heavy atom. The summed E-state index contributed by atoms with van der Waals surface area (Å²) in [6.45, 7) is 2.30. The van der Waals surface area contributed by atoms with E-state index in [0.717, 1.165) is 12.1 Å². The van der Waals surface area contributed by atoms with Crippen molar-refractivity contribution in [2.45, 2.75) is 36.5 Å². The highest BCUT2D eigenvalue weighted by atomic mass is 32.2. The minimum Gasteiger partial charge on any atom is -0.507 e. The quantitative estimate of drug-likeness (QED) is 0.398. The predicted octanol–water partition coefficient (Wildman–Crippen LogP) is 1.79. The number of fused-ring (bicyclic) bond motifs is 3. The van der Waals surface area contributed by atoms with Gasteiger partial charge in [0.15, 0.2) is 6.61 Å². The molecule has 0 aliphatic heterocycles. The number of benzene rings is 2.